The van der Waals surface area contributed by atoms with Gasteiger partial charge >= 0.3 is 12.1 Å². The second kappa shape index (κ2) is 23.4. The first kappa shape index (κ1) is 49.9. The van der Waals surface area contributed by atoms with Crippen LogP contribution in [0.2, 0.25) is 0 Å². The number of carbonyl (C=O) groups excluding carboxylic acids is 7. The Morgan fingerprint density at radius 3 is 2.43 bits per heavy atom. The van der Waals surface area contributed by atoms with Gasteiger partial charge in [-0.2, -0.15) is 5.10 Å². The third-order valence-corrected chi connectivity index (χ3v) is 12.1. The number of imide groups is 1. The molecule has 21 heteroatoms. The summed E-state index contributed by atoms with van der Waals surface area (Å²) in [7, 11) is 0. The average molecular weight is 958 g/mol. The van der Waals surface area contributed by atoms with Crippen LogP contribution in [-0.2, 0) is 35.3 Å². The number of pyridine rings is 2. The van der Waals surface area contributed by atoms with E-state index in [-0.39, 0.29) is 62.2 Å². The molecule has 6 heterocycles. The lowest BCUT2D eigenvalue weighted by Crippen LogP contribution is -2.54. The lowest BCUT2D eigenvalue weighted by atomic mass is 10.0. The summed E-state index contributed by atoms with van der Waals surface area (Å²) in [6, 6.07) is 13.2. The molecule has 0 aliphatic carbocycles. The second-order valence-electron chi connectivity index (χ2n) is 17.7. The fourth-order valence-corrected chi connectivity index (χ4v) is 8.37. The highest BCUT2D eigenvalue weighted by atomic mass is 16.6. The number of nitrogens with one attached hydrogen (secondary N) is 5. The molecule has 21 nitrogen and oxygen atoms in total. The molecule has 0 saturated carbocycles. The van der Waals surface area contributed by atoms with Crippen LogP contribution in [0.3, 0.4) is 0 Å². The summed E-state index contributed by atoms with van der Waals surface area (Å²) in [4.78, 5) is 109. The Balaban J connectivity index is 0.949. The van der Waals surface area contributed by atoms with Crippen molar-refractivity contribution in [2.75, 3.05) is 25.0 Å². The van der Waals surface area contributed by atoms with Crippen LogP contribution < -0.4 is 27.0 Å². The maximum atomic E-state index is 13.8. The number of anilines is 1. The first-order valence-electron chi connectivity index (χ1n) is 23.6. The summed E-state index contributed by atoms with van der Waals surface area (Å²) < 4.78 is 7.56. The van der Waals surface area contributed by atoms with Crippen molar-refractivity contribution in [2.24, 2.45) is 11.7 Å². The number of benzene rings is 1. The minimum Gasteiger partial charge on any atom is -0.445 e. The van der Waals surface area contributed by atoms with Crippen LogP contribution in [0, 0.1) is 12.8 Å². The molecule has 7 N–H and O–H groups in total. The Bertz CT molecular complexity index is 2710. The van der Waals surface area contributed by atoms with Gasteiger partial charge in [0.15, 0.2) is 5.65 Å². The van der Waals surface area contributed by atoms with E-state index in [0.29, 0.717) is 72.8 Å². The van der Waals surface area contributed by atoms with E-state index in [0.717, 1.165) is 34.7 Å². The zero-order valence-electron chi connectivity index (χ0n) is 39.5. The van der Waals surface area contributed by atoms with E-state index in [1.54, 1.807) is 47.5 Å². The van der Waals surface area contributed by atoms with Gasteiger partial charge in [-0.3, -0.25) is 38.8 Å². The zero-order valence-corrected chi connectivity index (χ0v) is 39.5. The number of H-pyrrole nitrogens is 1. The standard InChI is InChI=1S/C49H59N13O8/c1-30(2)42(57-39(63)15-5-4-7-26-61-40(64)22-23-41(61)65)47(67)56-36(13-10-24-51-48(50)68)46(66)55-34-19-16-32(17-20-34)28-70-49(69)60-25-8-6-14-37(60)45-58-43(33-18-21-38-52-29-53-62(38)27-33)44(59-45)35-12-9-11-31(3)54-35/h9,11-12,16-23,27,29-30,36-37,42H,4-8,10,13-15,24-26,28H2,1-3H3,(H,55,66)(H,56,67)(H,57,63)(H,58,59)(H3,50,51,68)/t36-,37?,42?/m0/s1. The number of likely N-dealkylation sites (tertiary alicyclic amines) is 1. The molecular formula is C49H59N13O8. The summed E-state index contributed by atoms with van der Waals surface area (Å²) in [5.41, 5.74) is 10.8. The van der Waals surface area contributed by atoms with Gasteiger partial charge in [0.1, 0.15) is 36.5 Å². The topological polar surface area (TPSA) is 281 Å². The number of hydrogen-bond donors (Lipinski definition) is 6. The van der Waals surface area contributed by atoms with Crippen LogP contribution in [-0.4, -0.2) is 113 Å². The van der Waals surface area contributed by atoms with Gasteiger partial charge in [0.05, 0.1) is 17.4 Å². The number of imidazole rings is 1. The summed E-state index contributed by atoms with van der Waals surface area (Å²) in [6.07, 6.45) is 9.85. The van der Waals surface area contributed by atoms with E-state index in [1.807, 2.05) is 43.5 Å². The number of fused-ring (bicyclic) bond motifs is 1. The highest BCUT2D eigenvalue weighted by molar-refractivity contribution is 6.12. The first-order valence-corrected chi connectivity index (χ1v) is 23.6. The molecule has 7 rings (SSSR count). The van der Waals surface area contributed by atoms with E-state index in [1.165, 1.54) is 18.5 Å². The van der Waals surface area contributed by atoms with E-state index in [4.69, 9.17) is 20.4 Å². The highest BCUT2D eigenvalue weighted by Crippen LogP contribution is 2.36. The molecule has 4 aromatic heterocycles. The summed E-state index contributed by atoms with van der Waals surface area (Å²) in [5, 5.41) is 15.2. The second-order valence-corrected chi connectivity index (χ2v) is 17.7. The number of aryl methyl sites for hydroxylation is 1. The average Bonchev–Trinajstić information content (AvgIpc) is 4.09. The molecule has 8 amide bonds. The van der Waals surface area contributed by atoms with E-state index in [9.17, 15) is 33.6 Å². The van der Waals surface area contributed by atoms with Crippen molar-refractivity contribution in [3.05, 3.63) is 96.4 Å². The molecule has 368 valence electrons. The number of ether oxygens (including phenoxy) is 1. The Morgan fingerprint density at radius 2 is 1.69 bits per heavy atom. The lowest BCUT2D eigenvalue weighted by Gasteiger charge is -2.33. The predicted octanol–water partition coefficient (Wildman–Crippen LogP) is 4.85. The molecule has 2 unspecified atom stereocenters. The number of rotatable bonds is 21. The zero-order chi connectivity index (χ0) is 49.7. The largest absolute Gasteiger partial charge is 0.445 e. The highest BCUT2D eigenvalue weighted by Gasteiger charge is 2.33. The molecule has 2 aliphatic heterocycles. The molecule has 3 atom stereocenters. The van der Waals surface area contributed by atoms with Crippen molar-refractivity contribution in [1.29, 1.82) is 0 Å². The number of piperidine rings is 1. The Hall–Kier alpha value is -7.97. The minimum absolute atomic E-state index is 0.0394. The van der Waals surface area contributed by atoms with Gasteiger partial charge in [0, 0.05) is 61.3 Å². The van der Waals surface area contributed by atoms with Crippen LogP contribution in [0.4, 0.5) is 15.3 Å². The van der Waals surface area contributed by atoms with Crippen molar-refractivity contribution in [3.8, 4) is 22.6 Å². The molecule has 1 aromatic carbocycles. The molecule has 1 fully saturated rings. The van der Waals surface area contributed by atoms with Crippen LogP contribution in [0.15, 0.2) is 79.3 Å². The van der Waals surface area contributed by atoms with Crippen molar-refractivity contribution in [1.82, 2.24) is 55.3 Å². The summed E-state index contributed by atoms with van der Waals surface area (Å²) >= 11 is 0. The van der Waals surface area contributed by atoms with Crippen LogP contribution >= 0.6 is 0 Å². The maximum Gasteiger partial charge on any atom is 0.410 e. The number of aromatic amines is 1. The molecule has 0 spiro atoms. The fraction of sp³-hybridized carbons (Fsp3) is 0.408. The van der Waals surface area contributed by atoms with Crippen molar-refractivity contribution in [3.63, 3.8) is 0 Å². The van der Waals surface area contributed by atoms with Gasteiger partial charge in [-0.15, -0.1) is 0 Å². The predicted molar refractivity (Wildman–Crippen MR) is 257 cm³/mol. The number of carbonyl (C=O) groups is 7. The third-order valence-electron chi connectivity index (χ3n) is 12.1. The van der Waals surface area contributed by atoms with E-state index < -0.39 is 36.0 Å². The molecule has 2 aliphatic rings. The summed E-state index contributed by atoms with van der Waals surface area (Å²) in [5.74, 6) is -1.86. The molecular weight excluding hydrogens is 899 g/mol. The Labute approximate surface area is 404 Å². The molecule has 1 saturated heterocycles. The van der Waals surface area contributed by atoms with Crippen molar-refractivity contribution in [2.45, 2.75) is 103 Å². The third kappa shape index (κ3) is 13.0. The molecule has 5 aromatic rings. The molecule has 0 radical (unpaired) electrons. The smallest absolute Gasteiger partial charge is 0.410 e. The van der Waals surface area contributed by atoms with Gasteiger partial charge in [0.2, 0.25) is 17.7 Å². The Kier molecular flexibility index (Phi) is 16.7. The molecule has 70 heavy (non-hydrogen) atoms. The van der Waals surface area contributed by atoms with Gasteiger partial charge < -0.3 is 36.7 Å². The van der Waals surface area contributed by atoms with Gasteiger partial charge in [-0.1, -0.05) is 38.5 Å². The van der Waals surface area contributed by atoms with Crippen LogP contribution in [0.25, 0.3) is 28.3 Å². The number of hydrogen-bond acceptors (Lipinski definition) is 12. The van der Waals surface area contributed by atoms with E-state index >= 15 is 0 Å². The number of primary amides is 1. The van der Waals surface area contributed by atoms with E-state index in [2.05, 4.69) is 36.3 Å². The Morgan fingerprint density at radius 1 is 0.900 bits per heavy atom. The van der Waals surface area contributed by atoms with Crippen molar-refractivity contribution < 1.29 is 38.3 Å². The quantitative estimate of drug-likeness (QED) is 0.0425. The van der Waals surface area contributed by atoms with Gasteiger partial charge in [-0.25, -0.2) is 24.1 Å². The monoisotopic (exact) mass is 957 g/mol. The number of nitrogens with zero attached hydrogens (tertiary/aromatic N) is 7. The number of amides is 8. The fourth-order valence-electron chi connectivity index (χ4n) is 8.37. The SMILES string of the molecule is Cc1cccc(-c2nc(C3CCCCN3C(=O)OCc3ccc(NC(=O)[C@H](CCCNC(N)=O)NC(=O)C(NC(=O)CCCCCN4C(=O)C=CC4=O)C(C)C)cc3)[nH]c2-c2ccc3ncnn3c2)n1. The van der Waals surface area contributed by atoms with Crippen molar-refractivity contribution >= 4 is 53.0 Å². The summed E-state index contributed by atoms with van der Waals surface area (Å²) in [6.45, 7) is 6.33. The number of unbranched alkanes of at least 4 members (excludes halogenated alkanes) is 2. The first-order chi connectivity index (χ1) is 33.7. The number of nitrogens with two attached hydrogens (primary N) is 1. The number of urea groups is 1. The maximum absolute atomic E-state index is 13.8. The van der Waals surface area contributed by atoms with Gasteiger partial charge in [0.25, 0.3) is 11.8 Å². The van der Waals surface area contributed by atoms with Gasteiger partial charge in [-0.05, 0) is 99.7 Å². The van der Waals surface area contributed by atoms with Crippen LogP contribution in [0.1, 0.15) is 94.8 Å². The lowest BCUT2D eigenvalue weighted by molar-refractivity contribution is -0.137. The number of aromatic nitrogens is 6. The van der Waals surface area contributed by atoms with Crippen LogP contribution in [0.5, 0.6) is 0 Å². The normalized spacial score (nSPS) is 15.5. The minimum atomic E-state index is -1.05. The molecule has 0 bridgehead atoms.